The van der Waals surface area contributed by atoms with Crippen LogP contribution in [0.25, 0.3) is 93.0 Å². The molecule has 5 heteroatoms. The van der Waals surface area contributed by atoms with Crippen LogP contribution in [0.5, 0.6) is 0 Å². The Hall–Kier alpha value is -6.43. The Labute approximate surface area is 292 Å². The Balaban J connectivity index is 1.20. The molecule has 0 spiro atoms. The van der Waals surface area contributed by atoms with E-state index in [0.29, 0.717) is 17.5 Å². The van der Waals surface area contributed by atoms with Crippen LogP contribution in [0.1, 0.15) is 0 Å². The van der Waals surface area contributed by atoms with Gasteiger partial charge in [0, 0.05) is 53.3 Å². The highest BCUT2D eigenvalue weighted by molar-refractivity contribution is 7.26. The number of thiophene rings is 1. The van der Waals surface area contributed by atoms with Crippen LogP contribution >= 0.6 is 11.3 Å². The van der Waals surface area contributed by atoms with E-state index in [1.807, 2.05) is 72.0 Å². The van der Waals surface area contributed by atoms with Crippen molar-refractivity contribution in [1.82, 2.24) is 19.5 Å². The second kappa shape index (κ2) is 11.6. The van der Waals surface area contributed by atoms with Crippen molar-refractivity contribution >= 4 is 53.3 Å². The minimum atomic E-state index is 0.643. The standard InChI is InChI=1S/C45H28N4S/c1-4-12-29(13-5-1)33-22-25-35-36-26-27-40-41(37-18-10-11-19-39(37)50-40)42(36)49(38(35)28-33)34-23-20-32(21-24-34)45-47-43(30-14-6-2-7-15-30)46-44(48-45)31-16-8-3-9-17-31/h1-28H. The van der Waals surface area contributed by atoms with Gasteiger partial charge in [-0.1, -0.05) is 127 Å². The average Bonchev–Trinajstić information content (AvgIpc) is 3.74. The molecule has 10 aromatic rings. The number of fused-ring (bicyclic) bond motifs is 7. The fourth-order valence-corrected chi connectivity index (χ4v) is 8.20. The maximum atomic E-state index is 4.98. The molecule has 0 aliphatic rings. The van der Waals surface area contributed by atoms with Gasteiger partial charge in [-0.2, -0.15) is 0 Å². The first kappa shape index (κ1) is 28.6. The first-order valence-electron chi connectivity index (χ1n) is 16.7. The van der Waals surface area contributed by atoms with Crippen LogP contribution in [0.2, 0.25) is 0 Å². The summed E-state index contributed by atoms with van der Waals surface area (Å²) in [5.41, 5.74) is 8.72. The van der Waals surface area contributed by atoms with Crippen LogP contribution in [0.4, 0.5) is 0 Å². The van der Waals surface area contributed by atoms with E-state index >= 15 is 0 Å². The summed E-state index contributed by atoms with van der Waals surface area (Å²) < 4.78 is 5.03. The van der Waals surface area contributed by atoms with Crippen LogP contribution in [-0.2, 0) is 0 Å². The Morgan fingerprint density at radius 3 is 1.54 bits per heavy atom. The fraction of sp³-hybridized carbons (Fsp3) is 0. The molecule has 0 N–H and O–H groups in total. The normalized spacial score (nSPS) is 11.6. The van der Waals surface area contributed by atoms with E-state index in [1.165, 1.54) is 53.1 Å². The summed E-state index contributed by atoms with van der Waals surface area (Å²) in [5, 5.41) is 5.06. The molecule has 3 aromatic heterocycles. The van der Waals surface area contributed by atoms with Crippen molar-refractivity contribution in [2.24, 2.45) is 0 Å². The molecule has 10 rings (SSSR count). The minimum absolute atomic E-state index is 0.643. The molecule has 4 nitrogen and oxygen atoms in total. The van der Waals surface area contributed by atoms with Crippen LogP contribution < -0.4 is 0 Å². The molecule has 3 heterocycles. The van der Waals surface area contributed by atoms with E-state index < -0.39 is 0 Å². The monoisotopic (exact) mass is 656 g/mol. The van der Waals surface area contributed by atoms with E-state index in [0.717, 1.165) is 22.4 Å². The number of rotatable bonds is 5. The minimum Gasteiger partial charge on any atom is -0.309 e. The first-order valence-corrected chi connectivity index (χ1v) is 17.5. The number of aromatic nitrogens is 4. The Bertz CT molecular complexity index is 2780. The van der Waals surface area contributed by atoms with E-state index in [1.54, 1.807) is 0 Å². The summed E-state index contributed by atoms with van der Waals surface area (Å²) >= 11 is 1.85. The maximum absolute atomic E-state index is 4.98. The fourth-order valence-electron chi connectivity index (χ4n) is 7.09. The summed E-state index contributed by atoms with van der Waals surface area (Å²) in [5.74, 6) is 1.95. The van der Waals surface area contributed by atoms with Crippen molar-refractivity contribution in [2.45, 2.75) is 0 Å². The van der Waals surface area contributed by atoms with E-state index in [2.05, 4.69) is 114 Å². The Morgan fingerprint density at radius 1 is 0.380 bits per heavy atom. The smallest absolute Gasteiger partial charge is 0.164 e. The van der Waals surface area contributed by atoms with Crippen molar-refractivity contribution in [3.63, 3.8) is 0 Å². The van der Waals surface area contributed by atoms with Gasteiger partial charge in [0.2, 0.25) is 0 Å². The molecule has 0 bridgehead atoms. The third-order valence-corrected chi connectivity index (χ3v) is 10.6. The van der Waals surface area contributed by atoms with Gasteiger partial charge >= 0.3 is 0 Å². The molecule has 0 fully saturated rings. The molecule has 0 saturated heterocycles. The topological polar surface area (TPSA) is 43.6 Å². The quantitative estimate of drug-likeness (QED) is 0.185. The van der Waals surface area contributed by atoms with Crippen LogP contribution in [0.15, 0.2) is 170 Å². The second-order valence-electron chi connectivity index (χ2n) is 12.5. The van der Waals surface area contributed by atoms with Crippen molar-refractivity contribution < 1.29 is 0 Å². The third-order valence-electron chi connectivity index (χ3n) is 9.46. The lowest BCUT2D eigenvalue weighted by atomic mass is 10.0. The zero-order valence-corrected chi connectivity index (χ0v) is 27.7. The van der Waals surface area contributed by atoms with Gasteiger partial charge in [-0.25, -0.2) is 15.0 Å². The van der Waals surface area contributed by atoms with Gasteiger partial charge in [-0.05, 0) is 53.6 Å². The maximum Gasteiger partial charge on any atom is 0.164 e. The lowest BCUT2D eigenvalue weighted by Gasteiger charge is -2.12. The predicted molar refractivity (Wildman–Crippen MR) is 209 cm³/mol. The molecule has 0 atom stereocenters. The highest BCUT2D eigenvalue weighted by Gasteiger charge is 2.19. The second-order valence-corrected chi connectivity index (χ2v) is 13.5. The molecular formula is C45H28N4S. The van der Waals surface area contributed by atoms with Gasteiger partial charge in [0.1, 0.15) is 0 Å². The van der Waals surface area contributed by atoms with Crippen molar-refractivity contribution in [1.29, 1.82) is 0 Å². The molecule has 0 saturated carbocycles. The van der Waals surface area contributed by atoms with E-state index in [9.17, 15) is 0 Å². The lowest BCUT2D eigenvalue weighted by molar-refractivity contribution is 1.07. The highest BCUT2D eigenvalue weighted by Crippen LogP contribution is 2.44. The Morgan fingerprint density at radius 2 is 0.900 bits per heavy atom. The summed E-state index contributed by atoms with van der Waals surface area (Å²) in [6, 6.07) is 59.7. The number of hydrogen-bond donors (Lipinski definition) is 0. The van der Waals surface area contributed by atoms with Crippen molar-refractivity contribution in [3.05, 3.63) is 170 Å². The number of hydrogen-bond acceptors (Lipinski definition) is 4. The van der Waals surface area contributed by atoms with Gasteiger partial charge in [-0.15, -0.1) is 11.3 Å². The van der Waals surface area contributed by atoms with Crippen LogP contribution in [-0.4, -0.2) is 19.5 Å². The molecule has 7 aromatic carbocycles. The van der Waals surface area contributed by atoms with Crippen LogP contribution in [0.3, 0.4) is 0 Å². The van der Waals surface area contributed by atoms with Crippen LogP contribution in [0, 0.1) is 0 Å². The zero-order chi connectivity index (χ0) is 33.0. The third kappa shape index (κ3) is 4.71. The predicted octanol–water partition coefficient (Wildman–Crippen LogP) is 12.0. The molecular weight excluding hydrogens is 629 g/mol. The summed E-state index contributed by atoms with van der Waals surface area (Å²) in [7, 11) is 0. The highest BCUT2D eigenvalue weighted by atomic mass is 32.1. The molecule has 50 heavy (non-hydrogen) atoms. The average molecular weight is 657 g/mol. The van der Waals surface area contributed by atoms with Gasteiger partial charge in [-0.3, -0.25) is 0 Å². The van der Waals surface area contributed by atoms with E-state index in [4.69, 9.17) is 15.0 Å². The number of benzene rings is 7. The largest absolute Gasteiger partial charge is 0.309 e. The first-order chi connectivity index (χ1) is 24.8. The van der Waals surface area contributed by atoms with Crippen molar-refractivity contribution in [2.75, 3.05) is 0 Å². The zero-order valence-electron chi connectivity index (χ0n) is 26.9. The number of nitrogens with zero attached hydrogens (tertiary/aromatic N) is 4. The Kier molecular flexibility index (Phi) is 6.64. The molecule has 0 radical (unpaired) electrons. The van der Waals surface area contributed by atoms with E-state index in [-0.39, 0.29) is 0 Å². The molecule has 0 aliphatic heterocycles. The van der Waals surface area contributed by atoms with Gasteiger partial charge in [0.15, 0.2) is 17.5 Å². The van der Waals surface area contributed by atoms with Gasteiger partial charge in [0.05, 0.1) is 11.0 Å². The molecule has 0 aliphatic carbocycles. The lowest BCUT2D eigenvalue weighted by Crippen LogP contribution is -2.00. The van der Waals surface area contributed by atoms with Crippen molar-refractivity contribution in [3.8, 4) is 51.0 Å². The summed E-state index contributed by atoms with van der Waals surface area (Å²) in [6.45, 7) is 0. The molecule has 234 valence electrons. The molecule has 0 unspecified atom stereocenters. The van der Waals surface area contributed by atoms with Gasteiger partial charge < -0.3 is 4.57 Å². The van der Waals surface area contributed by atoms with Gasteiger partial charge in [0.25, 0.3) is 0 Å². The molecule has 0 amide bonds. The SMILES string of the molecule is c1ccc(-c2ccc3c4ccc5sc6ccccc6c5c4n(-c4ccc(-c5nc(-c6ccccc6)nc(-c6ccccc6)n5)cc4)c3c2)cc1. The summed E-state index contributed by atoms with van der Waals surface area (Å²) in [6.07, 6.45) is 0. The summed E-state index contributed by atoms with van der Waals surface area (Å²) in [4.78, 5) is 14.8.